The van der Waals surface area contributed by atoms with Gasteiger partial charge in [-0.05, 0) is 48.4 Å². The lowest BCUT2D eigenvalue weighted by atomic mass is 10.1. The zero-order chi connectivity index (χ0) is 21.5. The second-order valence-electron chi connectivity index (χ2n) is 7.13. The van der Waals surface area contributed by atoms with Crippen molar-refractivity contribution in [3.63, 3.8) is 0 Å². The SMILES string of the molecule is CCN1Cc2ccc(N(Cc3ccc(Cl)cc3)S(=O)(=O)c3ccn(C)n3)cc2C1=O. The highest BCUT2D eigenvalue weighted by molar-refractivity contribution is 7.92. The van der Waals surface area contributed by atoms with E-state index in [0.29, 0.717) is 29.4 Å². The number of fused-ring (bicyclic) bond motifs is 1. The molecule has 7 nitrogen and oxygen atoms in total. The van der Waals surface area contributed by atoms with Crippen LogP contribution in [0.2, 0.25) is 5.02 Å². The molecule has 0 N–H and O–H groups in total. The summed E-state index contributed by atoms with van der Waals surface area (Å²) in [6, 6.07) is 13.7. The number of hydrogen-bond donors (Lipinski definition) is 0. The van der Waals surface area contributed by atoms with Crippen molar-refractivity contribution in [3.8, 4) is 0 Å². The third-order valence-electron chi connectivity index (χ3n) is 5.12. The molecule has 0 saturated heterocycles. The Hall–Kier alpha value is -2.84. The summed E-state index contributed by atoms with van der Waals surface area (Å²) < 4.78 is 29.6. The Morgan fingerprint density at radius 2 is 1.87 bits per heavy atom. The maximum atomic E-state index is 13.4. The van der Waals surface area contributed by atoms with Gasteiger partial charge in [-0.1, -0.05) is 29.8 Å². The maximum Gasteiger partial charge on any atom is 0.283 e. The average Bonchev–Trinajstić information content (AvgIpc) is 3.31. The molecule has 0 aliphatic carbocycles. The van der Waals surface area contributed by atoms with Gasteiger partial charge >= 0.3 is 0 Å². The summed E-state index contributed by atoms with van der Waals surface area (Å²) in [6.45, 7) is 3.14. The molecule has 0 radical (unpaired) electrons. The molecule has 30 heavy (non-hydrogen) atoms. The quantitative estimate of drug-likeness (QED) is 0.583. The molecule has 0 fully saturated rings. The molecule has 2 aromatic carbocycles. The van der Waals surface area contributed by atoms with Gasteiger partial charge in [0.1, 0.15) is 0 Å². The summed E-state index contributed by atoms with van der Waals surface area (Å²) in [5.41, 5.74) is 2.61. The van der Waals surface area contributed by atoms with Crippen LogP contribution < -0.4 is 4.31 Å². The minimum atomic E-state index is -3.95. The number of rotatable bonds is 6. The highest BCUT2D eigenvalue weighted by Gasteiger charge is 2.31. The van der Waals surface area contributed by atoms with Crippen LogP contribution in [-0.4, -0.2) is 35.6 Å². The van der Waals surface area contributed by atoms with E-state index in [1.807, 2.05) is 13.0 Å². The van der Waals surface area contributed by atoms with Crippen molar-refractivity contribution in [1.82, 2.24) is 14.7 Å². The zero-order valence-electron chi connectivity index (χ0n) is 16.6. The second kappa shape index (κ2) is 7.77. The number of carbonyl (C=O) groups excluding carboxylic acids is 1. The van der Waals surface area contributed by atoms with Gasteiger partial charge in [-0.3, -0.25) is 13.8 Å². The summed E-state index contributed by atoms with van der Waals surface area (Å²) in [7, 11) is -2.29. The van der Waals surface area contributed by atoms with Gasteiger partial charge in [0.25, 0.3) is 15.9 Å². The molecule has 3 aromatic rings. The number of benzene rings is 2. The fourth-order valence-electron chi connectivity index (χ4n) is 3.47. The van der Waals surface area contributed by atoms with Gasteiger partial charge in [0.05, 0.1) is 12.2 Å². The van der Waals surface area contributed by atoms with E-state index in [1.54, 1.807) is 54.5 Å². The third kappa shape index (κ3) is 3.68. The Labute approximate surface area is 180 Å². The molecular formula is C21H21ClN4O3S. The predicted octanol–water partition coefficient (Wildman–Crippen LogP) is 3.44. The fourth-order valence-corrected chi connectivity index (χ4v) is 5.00. The smallest absolute Gasteiger partial charge is 0.283 e. The van der Waals surface area contributed by atoms with Crippen molar-refractivity contribution in [2.24, 2.45) is 7.05 Å². The van der Waals surface area contributed by atoms with Gasteiger partial charge in [0.15, 0.2) is 5.03 Å². The van der Waals surface area contributed by atoms with Crippen molar-refractivity contribution in [1.29, 1.82) is 0 Å². The summed E-state index contributed by atoms with van der Waals surface area (Å²) in [5.74, 6) is -0.0870. The zero-order valence-corrected chi connectivity index (χ0v) is 18.2. The Balaban J connectivity index is 1.79. The molecule has 0 bridgehead atoms. The number of aryl methyl sites for hydroxylation is 1. The van der Waals surface area contributed by atoms with Gasteiger partial charge in [-0.2, -0.15) is 13.5 Å². The van der Waals surface area contributed by atoms with Gasteiger partial charge < -0.3 is 4.90 Å². The number of halogens is 1. The molecule has 0 atom stereocenters. The first-order valence-corrected chi connectivity index (χ1v) is 11.3. The monoisotopic (exact) mass is 444 g/mol. The van der Waals surface area contributed by atoms with E-state index in [1.165, 1.54) is 15.1 Å². The third-order valence-corrected chi connectivity index (χ3v) is 7.04. The predicted molar refractivity (Wildman–Crippen MR) is 115 cm³/mol. The summed E-state index contributed by atoms with van der Waals surface area (Å²) in [5, 5.41) is 4.60. The first kappa shape index (κ1) is 20.4. The van der Waals surface area contributed by atoms with Crippen LogP contribution >= 0.6 is 11.6 Å². The number of carbonyl (C=O) groups is 1. The minimum absolute atomic E-state index is 0.0547. The maximum absolute atomic E-state index is 13.4. The number of nitrogens with zero attached hydrogens (tertiary/aromatic N) is 4. The Bertz CT molecular complexity index is 1210. The largest absolute Gasteiger partial charge is 0.335 e. The molecule has 1 amide bonds. The normalized spacial score (nSPS) is 13.6. The first-order valence-electron chi connectivity index (χ1n) is 9.48. The number of aromatic nitrogens is 2. The molecule has 0 unspecified atom stereocenters. The van der Waals surface area contributed by atoms with Gasteiger partial charge in [-0.15, -0.1) is 0 Å². The molecular weight excluding hydrogens is 424 g/mol. The van der Waals surface area contributed by atoms with Crippen LogP contribution in [0.1, 0.15) is 28.4 Å². The van der Waals surface area contributed by atoms with E-state index >= 15 is 0 Å². The van der Waals surface area contributed by atoms with E-state index in [4.69, 9.17) is 11.6 Å². The summed E-state index contributed by atoms with van der Waals surface area (Å²) in [4.78, 5) is 14.4. The van der Waals surface area contributed by atoms with E-state index < -0.39 is 10.0 Å². The van der Waals surface area contributed by atoms with Gasteiger partial charge in [0, 0.05) is 36.9 Å². The van der Waals surface area contributed by atoms with Gasteiger partial charge in [0.2, 0.25) is 0 Å². The highest BCUT2D eigenvalue weighted by atomic mass is 35.5. The van der Waals surface area contributed by atoms with Crippen LogP contribution in [0.4, 0.5) is 5.69 Å². The molecule has 9 heteroatoms. The molecule has 156 valence electrons. The number of anilines is 1. The summed E-state index contributed by atoms with van der Waals surface area (Å²) in [6.07, 6.45) is 1.58. The van der Waals surface area contributed by atoms with Crippen LogP contribution in [-0.2, 0) is 30.2 Å². The van der Waals surface area contributed by atoms with Crippen LogP contribution in [0.3, 0.4) is 0 Å². The van der Waals surface area contributed by atoms with Crippen molar-refractivity contribution in [2.75, 3.05) is 10.8 Å². The minimum Gasteiger partial charge on any atom is -0.335 e. The highest BCUT2D eigenvalue weighted by Crippen LogP contribution is 2.31. The van der Waals surface area contributed by atoms with Crippen molar-refractivity contribution in [2.45, 2.75) is 25.0 Å². The topological polar surface area (TPSA) is 75.5 Å². The van der Waals surface area contributed by atoms with Crippen LogP contribution in [0.5, 0.6) is 0 Å². The summed E-state index contributed by atoms with van der Waals surface area (Å²) >= 11 is 5.97. The molecule has 0 spiro atoms. The lowest BCUT2D eigenvalue weighted by Crippen LogP contribution is -2.31. The Kier molecular flexibility index (Phi) is 5.29. The van der Waals surface area contributed by atoms with Crippen LogP contribution in [0.15, 0.2) is 59.8 Å². The lowest BCUT2D eigenvalue weighted by Gasteiger charge is -2.24. The number of amides is 1. The number of sulfonamides is 1. The average molecular weight is 445 g/mol. The van der Waals surface area contributed by atoms with E-state index in [0.717, 1.165) is 11.1 Å². The standard InChI is InChI=1S/C21H21ClN4O3S/c1-3-25-14-16-6-9-18(12-19(16)21(25)27)26(13-15-4-7-17(22)8-5-15)30(28,29)20-10-11-24(2)23-20/h4-12H,3,13-14H2,1-2H3. The molecule has 4 rings (SSSR count). The Morgan fingerprint density at radius 1 is 1.13 bits per heavy atom. The van der Waals surface area contributed by atoms with Crippen LogP contribution in [0, 0.1) is 0 Å². The van der Waals surface area contributed by atoms with Crippen molar-refractivity contribution >= 4 is 33.2 Å². The fraction of sp³-hybridized carbons (Fsp3) is 0.238. The molecule has 1 aromatic heterocycles. The molecule has 2 heterocycles. The molecule has 1 aliphatic heterocycles. The van der Waals surface area contributed by atoms with Crippen molar-refractivity contribution in [3.05, 3.63) is 76.4 Å². The van der Waals surface area contributed by atoms with Crippen LogP contribution in [0.25, 0.3) is 0 Å². The first-order chi connectivity index (χ1) is 14.3. The van der Waals surface area contributed by atoms with Crippen molar-refractivity contribution < 1.29 is 13.2 Å². The van der Waals surface area contributed by atoms with E-state index in [9.17, 15) is 13.2 Å². The lowest BCUT2D eigenvalue weighted by molar-refractivity contribution is 0.0787. The second-order valence-corrected chi connectivity index (χ2v) is 9.37. The number of hydrogen-bond acceptors (Lipinski definition) is 4. The molecule has 0 saturated carbocycles. The van der Waals surface area contributed by atoms with E-state index in [2.05, 4.69) is 5.10 Å². The van der Waals surface area contributed by atoms with E-state index in [-0.39, 0.29) is 17.5 Å². The van der Waals surface area contributed by atoms with Gasteiger partial charge in [-0.25, -0.2) is 0 Å². The molecule has 1 aliphatic rings. The Morgan fingerprint density at radius 3 is 2.50 bits per heavy atom.